The zero-order valence-corrected chi connectivity index (χ0v) is 21.8. The fourth-order valence-corrected chi connectivity index (χ4v) is 5.70. The lowest BCUT2D eigenvalue weighted by Crippen LogP contribution is -2.45. The van der Waals surface area contributed by atoms with E-state index in [-0.39, 0.29) is 18.4 Å². The fourth-order valence-electron chi connectivity index (χ4n) is 5.70. The van der Waals surface area contributed by atoms with Gasteiger partial charge < -0.3 is 20.5 Å². The summed E-state index contributed by atoms with van der Waals surface area (Å²) in [4.78, 5) is 26.5. The number of aromatic nitrogens is 2. The van der Waals surface area contributed by atoms with E-state index in [1.165, 1.54) is 6.42 Å². The van der Waals surface area contributed by atoms with Crippen LogP contribution in [0, 0.1) is 11.8 Å². The first-order chi connectivity index (χ1) is 19.1. The van der Waals surface area contributed by atoms with Gasteiger partial charge in [-0.1, -0.05) is 36.4 Å². The molecule has 1 saturated carbocycles. The highest BCUT2D eigenvalue weighted by Gasteiger charge is 2.39. The van der Waals surface area contributed by atoms with Gasteiger partial charge in [0.25, 0.3) is 0 Å². The molecule has 2 atom stereocenters. The lowest BCUT2D eigenvalue weighted by Gasteiger charge is -2.22. The minimum atomic E-state index is -0.329. The van der Waals surface area contributed by atoms with Crippen LogP contribution < -0.4 is 16.1 Å². The van der Waals surface area contributed by atoms with E-state index < -0.39 is 0 Å². The summed E-state index contributed by atoms with van der Waals surface area (Å²) in [5.41, 5.74) is 8.43. The number of hydrazine groups is 1. The Bertz CT molecular complexity index is 1340. The van der Waals surface area contributed by atoms with E-state index in [4.69, 9.17) is 9.84 Å². The van der Waals surface area contributed by atoms with Crippen molar-refractivity contribution in [3.05, 3.63) is 59.2 Å². The third kappa shape index (κ3) is 5.46. The number of aliphatic hydroxyl groups excluding tert-OH is 1. The number of hydrogen-bond donors (Lipinski definition) is 5. The molecule has 204 valence electrons. The standard InChI is InChI=1S/C29H34N6O4/c36-13-15-39-14-10-30-17-18-4-6-19(7-5-18)26-25-27(33-32-26)22-2-1-3-23(24(22)28(25)37)31-29(38)34-35-11-8-20-16-21(20)9-12-35/h1-7,20-21,30,36H,8-17H2,(H,32,33)(H2,31,34,38). The second-order valence-corrected chi connectivity index (χ2v) is 10.5. The molecule has 1 aliphatic heterocycles. The van der Waals surface area contributed by atoms with Crippen molar-refractivity contribution in [2.45, 2.75) is 25.8 Å². The van der Waals surface area contributed by atoms with Gasteiger partial charge in [0.1, 0.15) is 5.69 Å². The molecular weight excluding hydrogens is 496 g/mol. The first kappa shape index (κ1) is 25.7. The predicted octanol–water partition coefficient (Wildman–Crippen LogP) is 3.16. The van der Waals surface area contributed by atoms with Gasteiger partial charge in [0.05, 0.1) is 42.3 Å². The number of anilines is 1. The first-order valence-corrected chi connectivity index (χ1v) is 13.7. The molecule has 1 aromatic heterocycles. The zero-order chi connectivity index (χ0) is 26.8. The van der Waals surface area contributed by atoms with Gasteiger partial charge in [-0.25, -0.2) is 9.80 Å². The average Bonchev–Trinajstić information content (AvgIpc) is 3.51. The summed E-state index contributed by atoms with van der Waals surface area (Å²) in [5.74, 6) is 1.49. The number of carbonyl (C=O) groups is 2. The summed E-state index contributed by atoms with van der Waals surface area (Å²) in [6, 6.07) is 13.1. The number of aromatic amines is 1. The minimum absolute atomic E-state index is 0.0263. The number of H-pyrrole nitrogens is 1. The maximum absolute atomic E-state index is 13.7. The molecule has 0 spiro atoms. The van der Waals surface area contributed by atoms with Gasteiger partial charge >= 0.3 is 6.03 Å². The van der Waals surface area contributed by atoms with Crippen molar-refractivity contribution in [3.8, 4) is 22.5 Å². The molecule has 3 aromatic rings. The highest BCUT2D eigenvalue weighted by molar-refractivity contribution is 6.26. The Labute approximate surface area is 227 Å². The van der Waals surface area contributed by atoms with E-state index in [0.29, 0.717) is 54.5 Å². The van der Waals surface area contributed by atoms with Crippen LogP contribution in [0.5, 0.6) is 0 Å². The van der Waals surface area contributed by atoms with Crippen LogP contribution in [0.1, 0.15) is 40.7 Å². The zero-order valence-electron chi connectivity index (χ0n) is 21.8. The van der Waals surface area contributed by atoms with E-state index in [0.717, 1.165) is 54.5 Å². The van der Waals surface area contributed by atoms with Crippen LogP contribution >= 0.6 is 0 Å². The molecule has 3 aliphatic rings. The van der Waals surface area contributed by atoms with E-state index in [1.54, 1.807) is 6.07 Å². The van der Waals surface area contributed by atoms with Crippen molar-refractivity contribution >= 4 is 17.5 Å². The van der Waals surface area contributed by atoms with Crippen LogP contribution in [0.3, 0.4) is 0 Å². The molecule has 2 aliphatic carbocycles. The fraction of sp³-hybridized carbons (Fsp3) is 0.414. The molecule has 1 saturated heterocycles. The highest BCUT2D eigenvalue weighted by Crippen LogP contribution is 2.45. The maximum Gasteiger partial charge on any atom is 0.333 e. The van der Waals surface area contributed by atoms with Crippen LogP contribution in [0.4, 0.5) is 10.5 Å². The normalized spacial score (nSPS) is 19.7. The SMILES string of the molecule is O=C(Nc1cccc2c1C(=O)c1c(-c3ccc(CNCCOCCO)cc3)n[nH]c1-2)NN1CCC2CC2CC1. The Hall–Kier alpha value is -3.57. The quantitative estimate of drug-likeness (QED) is 0.199. The highest BCUT2D eigenvalue weighted by atomic mass is 16.5. The number of carbonyl (C=O) groups excluding carboxylic acids is 2. The Morgan fingerprint density at radius 2 is 1.87 bits per heavy atom. The van der Waals surface area contributed by atoms with Crippen LogP contribution in [0.15, 0.2) is 42.5 Å². The van der Waals surface area contributed by atoms with Gasteiger partial charge in [0.2, 0.25) is 0 Å². The molecule has 2 heterocycles. The third-order valence-corrected chi connectivity index (χ3v) is 7.89. The molecule has 10 nitrogen and oxygen atoms in total. The monoisotopic (exact) mass is 530 g/mol. The molecule has 10 heteroatoms. The molecule has 2 unspecified atom stereocenters. The molecule has 6 rings (SSSR count). The summed E-state index contributed by atoms with van der Waals surface area (Å²) >= 11 is 0. The summed E-state index contributed by atoms with van der Waals surface area (Å²) < 4.78 is 5.26. The van der Waals surface area contributed by atoms with Gasteiger partial charge in [-0.3, -0.25) is 15.3 Å². The summed E-state index contributed by atoms with van der Waals surface area (Å²) in [6.07, 6.45) is 3.57. The van der Waals surface area contributed by atoms with E-state index >= 15 is 0 Å². The predicted molar refractivity (Wildman–Crippen MR) is 147 cm³/mol. The average molecular weight is 531 g/mol. The summed E-state index contributed by atoms with van der Waals surface area (Å²) in [5, 5.41) is 24.5. The minimum Gasteiger partial charge on any atom is -0.394 e. The molecule has 2 fully saturated rings. The number of ketones is 1. The van der Waals surface area contributed by atoms with Gasteiger partial charge in [0.15, 0.2) is 5.78 Å². The smallest absolute Gasteiger partial charge is 0.333 e. The molecule has 39 heavy (non-hydrogen) atoms. The Balaban J connectivity index is 1.12. The number of amides is 2. The van der Waals surface area contributed by atoms with Crippen molar-refractivity contribution in [2.24, 2.45) is 11.8 Å². The number of aliphatic hydroxyl groups is 1. The van der Waals surface area contributed by atoms with Crippen LogP contribution in [-0.2, 0) is 11.3 Å². The van der Waals surface area contributed by atoms with E-state index in [1.807, 2.05) is 41.4 Å². The lowest BCUT2D eigenvalue weighted by molar-refractivity contribution is 0.0938. The Morgan fingerprint density at radius 1 is 1.08 bits per heavy atom. The van der Waals surface area contributed by atoms with E-state index in [2.05, 4.69) is 26.3 Å². The van der Waals surface area contributed by atoms with Crippen LogP contribution in [0.2, 0.25) is 0 Å². The second kappa shape index (κ2) is 11.3. The van der Waals surface area contributed by atoms with Gasteiger partial charge in [-0.05, 0) is 42.7 Å². The third-order valence-electron chi connectivity index (χ3n) is 7.89. The van der Waals surface area contributed by atoms with Crippen LogP contribution in [-0.4, -0.2) is 71.6 Å². The van der Waals surface area contributed by atoms with Crippen molar-refractivity contribution in [2.75, 3.05) is 44.8 Å². The number of nitrogens with zero attached hydrogens (tertiary/aromatic N) is 2. The van der Waals surface area contributed by atoms with Crippen molar-refractivity contribution in [3.63, 3.8) is 0 Å². The summed E-state index contributed by atoms with van der Waals surface area (Å²) in [7, 11) is 0. The number of nitrogens with one attached hydrogen (secondary N) is 4. The number of benzene rings is 2. The number of urea groups is 1. The molecule has 2 amide bonds. The summed E-state index contributed by atoms with van der Waals surface area (Å²) in [6.45, 7) is 3.99. The number of rotatable bonds is 10. The molecule has 0 bridgehead atoms. The van der Waals surface area contributed by atoms with Crippen molar-refractivity contribution in [1.29, 1.82) is 0 Å². The van der Waals surface area contributed by atoms with Crippen molar-refractivity contribution < 1.29 is 19.4 Å². The molecular formula is C29H34N6O4. The topological polar surface area (TPSA) is 132 Å². The number of fused-ring (bicyclic) bond motifs is 4. The van der Waals surface area contributed by atoms with Gasteiger partial charge in [0, 0.05) is 37.3 Å². The molecule has 0 radical (unpaired) electrons. The van der Waals surface area contributed by atoms with Crippen molar-refractivity contribution in [1.82, 2.24) is 25.9 Å². The van der Waals surface area contributed by atoms with E-state index in [9.17, 15) is 9.59 Å². The molecule has 5 N–H and O–H groups in total. The lowest BCUT2D eigenvalue weighted by atomic mass is 10.0. The first-order valence-electron chi connectivity index (χ1n) is 13.7. The van der Waals surface area contributed by atoms with Crippen LogP contribution in [0.25, 0.3) is 22.5 Å². The molecule has 2 aromatic carbocycles. The maximum atomic E-state index is 13.7. The Kier molecular flexibility index (Phi) is 7.43. The van der Waals surface area contributed by atoms with Gasteiger partial charge in [-0.2, -0.15) is 5.10 Å². The Morgan fingerprint density at radius 3 is 2.64 bits per heavy atom. The largest absolute Gasteiger partial charge is 0.394 e. The second-order valence-electron chi connectivity index (χ2n) is 10.5. The number of ether oxygens (including phenoxy) is 1. The van der Waals surface area contributed by atoms with Gasteiger partial charge in [-0.15, -0.1) is 0 Å². The number of hydrogen-bond acceptors (Lipinski definition) is 7.